The Bertz CT molecular complexity index is 1280. The van der Waals surface area contributed by atoms with Gasteiger partial charge in [0.15, 0.2) is 5.65 Å². The first-order valence-corrected chi connectivity index (χ1v) is 9.28. The van der Waals surface area contributed by atoms with E-state index in [1.54, 1.807) is 21.6 Å². The molecule has 1 aromatic carbocycles. The largest absolute Gasteiger partial charge is 0.325 e. The standard InChI is InChI=1S/C20H20N8O/c1-11-13(10-27(4)25-11)16-17-24-19(26-28(17)8-7-21-16)22-12-5-6-14-15(9-12)23-18(29)20(14,2)3/h5-10H,1-4H3,(H,22,26)(H,23,29). The highest BCUT2D eigenvalue weighted by atomic mass is 16.2. The number of fused-ring (bicyclic) bond motifs is 2. The molecular weight excluding hydrogens is 368 g/mol. The van der Waals surface area contributed by atoms with Crippen molar-refractivity contribution in [3.05, 3.63) is 48.0 Å². The molecule has 0 radical (unpaired) electrons. The van der Waals surface area contributed by atoms with Gasteiger partial charge in [-0.2, -0.15) is 10.1 Å². The van der Waals surface area contributed by atoms with Crippen LogP contribution in [0.15, 0.2) is 36.8 Å². The number of rotatable bonds is 3. The number of hydrogen-bond acceptors (Lipinski definition) is 6. The number of carbonyl (C=O) groups is 1. The fourth-order valence-electron chi connectivity index (χ4n) is 3.69. The SMILES string of the molecule is Cc1nn(C)cc1-c1nccn2nc(Nc3ccc4c(c3)NC(=O)C4(C)C)nc12. The lowest BCUT2D eigenvalue weighted by Gasteiger charge is -2.14. The monoisotopic (exact) mass is 388 g/mol. The zero-order valence-electron chi connectivity index (χ0n) is 16.6. The van der Waals surface area contributed by atoms with Crippen LogP contribution in [0.5, 0.6) is 0 Å². The molecular formula is C20H20N8O. The van der Waals surface area contributed by atoms with Crippen molar-refractivity contribution in [1.82, 2.24) is 29.4 Å². The van der Waals surface area contributed by atoms with Crippen LogP contribution in [0.25, 0.3) is 16.9 Å². The number of benzene rings is 1. The van der Waals surface area contributed by atoms with Gasteiger partial charge in [0.25, 0.3) is 0 Å². The fourth-order valence-corrected chi connectivity index (χ4v) is 3.69. The Labute approximate surface area is 166 Å². The normalized spacial score (nSPS) is 14.8. The second-order valence-corrected chi connectivity index (χ2v) is 7.75. The molecule has 0 bridgehead atoms. The summed E-state index contributed by atoms with van der Waals surface area (Å²) in [6, 6.07) is 5.78. The van der Waals surface area contributed by atoms with Gasteiger partial charge >= 0.3 is 0 Å². The molecule has 1 amide bonds. The number of nitrogens with zero attached hydrogens (tertiary/aromatic N) is 6. The Kier molecular flexibility index (Phi) is 3.51. The number of carbonyl (C=O) groups excluding carboxylic acids is 1. The topological polar surface area (TPSA) is 102 Å². The minimum Gasteiger partial charge on any atom is -0.325 e. The molecule has 1 aliphatic rings. The Morgan fingerprint density at radius 2 is 2.03 bits per heavy atom. The van der Waals surface area contributed by atoms with Gasteiger partial charge in [-0.25, -0.2) is 4.52 Å². The molecule has 9 nitrogen and oxygen atoms in total. The van der Waals surface area contributed by atoms with Gasteiger partial charge in [0.2, 0.25) is 11.9 Å². The number of anilines is 3. The molecule has 2 N–H and O–H groups in total. The van der Waals surface area contributed by atoms with E-state index in [4.69, 9.17) is 0 Å². The van der Waals surface area contributed by atoms with Gasteiger partial charge in [0.1, 0.15) is 5.69 Å². The van der Waals surface area contributed by atoms with Gasteiger partial charge in [0, 0.05) is 42.6 Å². The summed E-state index contributed by atoms with van der Waals surface area (Å²) >= 11 is 0. The maximum Gasteiger partial charge on any atom is 0.247 e. The van der Waals surface area contributed by atoms with E-state index in [0.29, 0.717) is 11.6 Å². The summed E-state index contributed by atoms with van der Waals surface area (Å²) in [4.78, 5) is 21.3. The Morgan fingerprint density at radius 3 is 2.79 bits per heavy atom. The molecule has 0 spiro atoms. The maximum atomic E-state index is 12.2. The van der Waals surface area contributed by atoms with Gasteiger partial charge in [0.05, 0.1) is 11.1 Å². The number of aryl methyl sites for hydroxylation is 2. The van der Waals surface area contributed by atoms with E-state index in [-0.39, 0.29) is 5.91 Å². The summed E-state index contributed by atoms with van der Waals surface area (Å²) in [5.41, 5.74) is 5.21. The van der Waals surface area contributed by atoms with E-state index >= 15 is 0 Å². The molecule has 0 saturated heterocycles. The highest BCUT2D eigenvalue weighted by Crippen LogP contribution is 2.39. The second kappa shape index (κ2) is 5.87. The van der Waals surface area contributed by atoms with Crippen molar-refractivity contribution >= 4 is 28.9 Å². The minimum atomic E-state index is -0.530. The molecule has 4 aromatic rings. The van der Waals surface area contributed by atoms with Crippen molar-refractivity contribution < 1.29 is 4.79 Å². The van der Waals surface area contributed by atoms with Crippen molar-refractivity contribution in [3.8, 4) is 11.3 Å². The smallest absolute Gasteiger partial charge is 0.247 e. The molecule has 146 valence electrons. The van der Waals surface area contributed by atoms with E-state index < -0.39 is 5.41 Å². The van der Waals surface area contributed by atoms with Gasteiger partial charge in [-0.05, 0) is 38.5 Å². The lowest BCUT2D eigenvalue weighted by atomic mass is 9.86. The average molecular weight is 388 g/mol. The Balaban J connectivity index is 1.52. The molecule has 0 unspecified atom stereocenters. The van der Waals surface area contributed by atoms with Crippen molar-refractivity contribution in [2.45, 2.75) is 26.2 Å². The molecule has 4 heterocycles. The van der Waals surface area contributed by atoms with Crippen LogP contribution in [0.2, 0.25) is 0 Å². The summed E-state index contributed by atoms with van der Waals surface area (Å²) in [6.45, 7) is 5.77. The lowest BCUT2D eigenvalue weighted by Crippen LogP contribution is -2.26. The van der Waals surface area contributed by atoms with E-state index in [9.17, 15) is 4.79 Å². The number of amides is 1. The molecule has 5 rings (SSSR count). The van der Waals surface area contributed by atoms with Crippen LogP contribution in [0, 0.1) is 6.92 Å². The predicted molar refractivity (Wildman–Crippen MR) is 109 cm³/mol. The molecule has 3 aromatic heterocycles. The Hall–Kier alpha value is -3.75. The zero-order valence-corrected chi connectivity index (χ0v) is 16.6. The number of nitrogens with one attached hydrogen (secondary N) is 2. The van der Waals surface area contributed by atoms with Gasteiger partial charge < -0.3 is 10.6 Å². The van der Waals surface area contributed by atoms with E-state index in [0.717, 1.165) is 33.9 Å². The molecule has 1 aliphatic heterocycles. The molecule has 29 heavy (non-hydrogen) atoms. The highest BCUT2D eigenvalue weighted by Gasteiger charge is 2.38. The minimum absolute atomic E-state index is 0.00179. The first-order chi connectivity index (χ1) is 13.8. The molecule has 0 saturated carbocycles. The average Bonchev–Trinajstić information content (AvgIpc) is 3.29. The molecule has 0 atom stereocenters. The molecule has 0 fully saturated rings. The maximum absolute atomic E-state index is 12.2. The first kappa shape index (κ1) is 17.4. The first-order valence-electron chi connectivity index (χ1n) is 9.28. The van der Waals surface area contributed by atoms with Crippen LogP contribution >= 0.6 is 0 Å². The summed E-state index contributed by atoms with van der Waals surface area (Å²) in [5.74, 6) is 0.447. The predicted octanol–water partition coefficient (Wildman–Crippen LogP) is 2.81. The van der Waals surface area contributed by atoms with Gasteiger partial charge in [-0.3, -0.25) is 14.5 Å². The van der Waals surface area contributed by atoms with Crippen molar-refractivity contribution in [1.29, 1.82) is 0 Å². The summed E-state index contributed by atoms with van der Waals surface area (Å²) < 4.78 is 3.45. The number of hydrogen-bond donors (Lipinski definition) is 2. The summed E-state index contributed by atoms with van der Waals surface area (Å²) in [7, 11) is 1.88. The van der Waals surface area contributed by atoms with Crippen LogP contribution in [0.4, 0.5) is 17.3 Å². The highest BCUT2D eigenvalue weighted by molar-refractivity contribution is 6.06. The summed E-state index contributed by atoms with van der Waals surface area (Å²) in [5, 5.41) is 15.1. The second-order valence-electron chi connectivity index (χ2n) is 7.75. The Morgan fingerprint density at radius 1 is 1.21 bits per heavy atom. The van der Waals surface area contributed by atoms with Crippen molar-refractivity contribution in [2.75, 3.05) is 10.6 Å². The van der Waals surface area contributed by atoms with Crippen molar-refractivity contribution in [3.63, 3.8) is 0 Å². The van der Waals surface area contributed by atoms with Crippen molar-refractivity contribution in [2.24, 2.45) is 7.05 Å². The van der Waals surface area contributed by atoms with E-state index in [2.05, 4.69) is 30.8 Å². The summed E-state index contributed by atoms with van der Waals surface area (Å²) in [6.07, 6.45) is 5.37. The van der Waals surface area contributed by atoms with Crippen LogP contribution in [-0.2, 0) is 17.3 Å². The third-order valence-electron chi connectivity index (χ3n) is 5.29. The van der Waals surface area contributed by atoms with Gasteiger partial charge in [-0.1, -0.05) is 6.07 Å². The van der Waals surface area contributed by atoms with Crippen LogP contribution in [-0.4, -0.2) is 35.3 Å². The molecule has 9 heteroatoms. The van der Waals surface area contributed by atoms with Gasteiger partial charge in [-0.15, -0.1) is 5.10 Å². The van der Waals surface area contributed by atoms with Crippen LogP contribution in [0.1, 0.15) is 25.1 Å². The van der Waals surface area contributed by atoms with Crippen LogP contribution in [0.3, 0.4) is 0 Å². The van der Waals surface area contributed by atoms with E-state index in [1.807, 2.05) is 52.2 Å². The van der Waals surface area contributed by atoms with Crippen LogP contribution < -0.4 is 10.6 Å². The third kappa shape index (κ3) is 2.65. The van der Waals surface area contributed by atoms with E-state index in [1.165, 1.54) is 0 Å². The quantitative estimate of drug-likeness (QED) is 0.560. The lowest BCUT2D eigenvalue weighted by molar-refractivity contribution is -0.119. The number of aromatic nitrogens is 6. The third-order valence-corrected chi connectivity index (χ3v) is 5.29. The molecule has 0 aliphatic carbocycles. The zero-order chi connectivity index (χ0) is 20.3. The fraction of sp³-hybridized carbons (Fsp3) is 0.250.